The monoisotopic (exact) mass is 343 g/mol. The number of aryl methyl sites for hydroxylation is 3. The van der Waals surface area contributed by atoms with Crippen LogP contribution in [-0.2, 0) is 0 Å². The average Bonchev–Trinajstić information content (AvgIpc) is 3.08. The molecule has 1 atom stereocenters. The number of urea groups is 1. The van der Waals surface area contributed by atoms with Crippen molar-refractivity contribution in [2.24, 2.45) is 0 Å². The van der Waals surface area contributed by atoms with Gasteiger partial charge in [-0.05, 0) is 45.9 Å². The summed E-state index contributed by atoms with van der Waals surface area (Å²) in [6.07, 6.45) is 0. The normalized spacial score (nSPS) is 12.2. The molecule has 0 radical (unpaired) electrons. The zero-order valence-electron chi connectivity index (χ0n) is 14.9. The van der Waals surface area contributed by atoms with Crippen LogP contribution in [-0.4, -0.2) is 18.3 Å². The summed E-state index contributed by atoms with van der Waals surface area (Å²) < 4.78 is 16.2. The number of nitrogens with zero attached hydrogens (tertiary/aromatic N) is 1. The van der Waals surface area contributed by atoms with Crippen LogP contribution in [0, 0.1) is 20.8 Å². The largest absolute Gasteiger partial charge is 0.497 e. The topological polar surface area (TPSA) is 89.5 Å². The maximum Gasteiger partial charge on any atom is 0.319 e. The Bertz CT molecular complexity index is 906. The first kappa shape index (κ1) is 16.9. The average molecular weight is 343 g/mol. The van der Waals surface area contributed by atoms with Crippen LogP contribution >= 0.6 is 0 Å². The molecule has 25 heavy (non-hydrogen) atoms. The molecule has 0 aliphatic heterocycles. The smallest absolute Gasteiger partial charge is 0.319 e. The van der Waals surface area contributed by atoms with Gasteiger partial charge in [-0.3, -0.25) is 0 Å². The fourth-order valence-electron chi connectivity index (χ4n) is 2.83. The number of fused-ring (bicyclic) bond motifs is 1. The zero-order chi connectivity index (χ0) is 18.1. The van der Waals surface area contributed by atoms with E-state index in [1.54, 1.807) is 21.0 Å². The molecule has 2 heterocycles. The summed E-state index contributed by atoms with van der Waals surface area (Å²) in [6, 6.07) is 4.98. The molecule has 0 saturated carbocycles. The number of aromatic nitrogens is 1. The fourth-order valence-corrected chi connectivity index (χ4v) is 2.83. The van der Waals surface area contributed by atoms with Gasteiger partial charge in [0.1, 0.15) is 28.5 Å². The molecule has 0 fully saturated rings. The van der Waals surface area contributed by atoms with Crippen molar-refractivity contribution >= 4 is 22.7 Å². The third-order valence-electron chi connectivity index (χ3n) is 4.19. The maximum atomic E-state index is 12.3. The van der Waals surface area contributed by atoms with Crippen LogP contribution in [0.5, 0.6) is 5.75 Å². The first-order valence-electron chi connectivity index (χ1n) is 7.98. The number of ether oxygens (including phenoxy) is 1. The quantitative estimate of drug-likeness (QED) is 0.739. The molecule has 2 aromatic heterocycles. The minimum absolute atomic E-state index is 0.307. The Labute approximate surface area is 145 Å². The van der Waals surface area contributed by atoms with Crippen LogP contribution in [0.1, 0.15) is 35.7 Å². The third kappa shape index (κ3) is 3.17. The molecule has 3 aromatic rings. The van der Waals surface area contributed by atoms with Crippen molar-refractivity contribution in [3.63, 3.8) is 0 Å². The van der Waals surface area contributed by atoms with Gasteiger partial charge in [-0.2, -0.15) is 0 Å². The summed E-state index contributed by atoms with van der Waals surface area (Å²) in [5, 5.41) is 10.4. The minimum Gasteiger partial charge on any atom is -0.497 e. The summed E-state index contributed by atoms with van der Waals surface area (Å²) in [5.41, 5.74) is 2.94. The van der Waals surface area contributed by atoms with Crippen LogP contribution in [0.4, 0.5) is 10.5 Å². The number of rotatable bonds is 4. The van der Waals surface area contributed by atoms with Crippen LogP contribution in [0.25, 0.3) is 11.0 Å². The second-order valence-corrected chi connectivity index (χ2v) is 5.97. The van der Waals surface area contributed by atoms with E-state index in [1.807, 2.05) is 32.0 Å². The molecule has 0 unspecified atom stereocenters. The maximum absolute atomic E-state index is 12.3. The number of furan rings is 1. The summed E-state index contributed by atoms with van der Waals surface area (Å²) in [7, 11) is 1.63. The molecule has 132 valence electrons. The van der Waals surface area contributed by atoms with Gasteiger partial charge in [0.05, 0.1) is 13.2 Å². The molecule has 0 aliphatic rings. The van der Waals surface area contributed by atoms with Crippen molar-refractivity contribution in [3.05, 3.63) is 41.0 Å². The molecule has 0 aliphatic carbocycles. The van der Waals surface area contributed by atoms with E-state index in [4.69, 9.17) is 13.7 Å². The number of amides is 2. The van der Waals surface area contributed by atoms with Gasteiger partial charge in [-0.15, -0.1) is 0 Å². The summed E-state index contributed by atoms with van der Waals surface area (Å²) >= 11 is 0. The Morgan fingerprint density at radius 1 is 1.28 bits per heavy atom. The van der Waals surface area contributed by atoms with Gasteiger partial charge in [-0.1, -0.05) is 5.16 Å². The Balaban J connectivity index is 1.79. The lowest BCUT2D eigenvalue weighted by atomic mass is 10.1. The molecule has 1 aromatic carbocycles. The lowest BCUT2D eigenvalue weighted by molar-refractivity contribution is 0.247. The highest BCUT2D eigenvalue weighted by Crippen LogP contribution is 2.32. The van der Waals surface area contributed by atoms with Crippen molar-refractivity contribution in [1.82, 2.24) is 10.5 Å². The molecule has 7 nitrogen and oxygen atoms in total. The van der Waals surface area contributed by atoms with E-state index in [0.717, 1.165) is 22.3 Å². The number of hydrogen-bond donors (Lipinski definition) is 2. The summed E-state index contributed by atoms with van der Waals surface area (Å²) in [6.45, 7) is 7.35. The second kappa shape index (κ2) is 6.51. The van der Waals surface area contributed by atoms with E-state index in [0.29, 0.717) is 22.9 Å². The number of hydrogen-bond acceptors (Lipinski definition) is 5. The molecule has 0 bridgehead atoms. The first-order chi connectivity index (χ1) is 11.9. The number of carbonyl (C=O) groups is 1. The molecule has 2 N–H and O–H groups in total. The van der Waals surface area contributed by atoms with Crippen molar-refractivity contribution in [1.29, 1.82) is 0 Å². The van der Waals surface area contributed by atoms with Crippen molar-refractivity contribution in [3.8, 4) is 5.75 Å². The van der Waals surface area contributed by atoms with Gasteiger partial charge >= 0.3 is 6.03 Å². The Hall–Kier alpha value is -2.96. The number of benzene rings is 1. The molecule has 2 amide bonds. The molecule has 3 rings (SSSR count). The Morgan fingerprint density at radius 3 is 2.68 bits per heavy atom. The lowest BCUT2D eigenvalue weighted by Gasteiger charge is -2.13. The van der Waals surface area contributed by atoms with Gasteiger partial charge in [0.2, 0.25) is 0 Å². The van der Waals surface area contributed by atoms with Gasteiger partial charge in [0.25, 0.3) is 0 Å². The molecule has 0 spiro atoms. The third-order valence-corrected chi connectivity index (χ3v) is 4.19. The number of carbonyl (C=O) groups excluding carboxylic acids is 1. The lowest BCUT2D eigenvalue weighted by Crippen LogP contribution is -2.31. The number of nitrogens with one attached hydrogen (secondary N) is 2. The summed E-state index contributed by atoms with van der Waals surface area (Å²) in [5.74, 6) is 2.03. The molecule has 0 saturated heterocycles. The van der Waals surface area contributed by atoms with Gasteiger partial charge in [0.15, 0.2) is 5.76 Å². The van der Waals surface area contributed by atoms with Crippen LogP contribution in [0.2, 0.25) is 0 Å². The minimum atomic E-state index is -0.348. The van der Waals surface area contributed by atoms with E-state index in [-0.39, 0.29) is 12.1 Å². The number of anilines is 1. The van der Waals surface area contributed by atoms with Crippen molar-refractivity contribution < 1.29 is 18.5 Å². The highest BCUT2D eigenvalue weighted by atomic mass is 16.5. The molecular weight excluding hydrogens is 322 g/mol. The number of methoxy groups -OCH3 is 1. The predicted octanol–water partition coefficient (Wildman–Crippen LogP) is 4.24. The van der Waals surface area contributed by atoms with E-state index in [2.05, 4.69) is 15.8 Å². The molecule has 7 heteroatoms. The standard InChI is InChI=1S/C18H21N3O4/c1-9-14-8-13(23-5)6-7-15(14)24-17(9)11(3)19-18(22)20-16-10(2)21-25-12(16)4/h6-8,11H,1-5H3,(H2,19,20,22)/t11-/m0/s1. The highest BCUT2D eigenvalue weighted by molar-refractivity contribution is 5.91. The Morgan fingerprint density at radius 2 is 2.04 bits per heavy atom. The fraction of sp³-hybridized carbons (Fsp3) is 0.333. The first-order valence-corrected chi connectivity index (χ1v) is 7.98. The summed E-state index contributed by atoms with van der Waals surface area (Å²) in [4.78, 5) is 12.3. The van der Waals surface area contributed by atoms with Gasteiger partial charge in [-0.25, -0.2) is 4.79 Å². The van der Waals surface area contributed by atoms with E-state index in [1.165, 1.54) is 0 Å². The van der Waals surface area contributed by atoms with Crippen LogP contribution in [0.3, 0.4) is 0 Å². The van der Waals surface area contributed by atoms with Crippen LogP contribution < -0.4 is 15.4 Å². The zero-order valence-corrected chi connectivity index (χ0v) is 14.9. The van der Waals surface area contributed by atoms with E-state index >= 15 is 0 Å². The SMILES string of the molecule is COc1ccc2oc([C@H](C)NC(=O)Nc3c(C)noc3C)c(C)c2c1. The Kier molecular flexibility index (Phi) is 4.39. The van der Waals surface area contributed by atoms with E-state index in [9.17, 15) is 4.79 Å². The van der Waals surface area contributed by atoms with Crippen molar-refractivity contribution in [2.75, 3.05) is 12.4 Å². The van der Waals surface area contributed by atoms with Crippen molar-refractivity contribution in [2.45, 2.75) is 33.7 Å². The van der Waals surface area contributed by atoms with Crippen LogP contribution in [0.15, 0.2) is 27.1 Å². The van der Waals surface area contributed by atoms with E-state index < -0.39 is 0 Å². The van der Waals surface area contributed by atoms with Gasteiger partial charge in [0, 0.05) is 10.9 Å². The highest BCUT2D eigenvalue weighted by Gasteiger charge is 2.20. The van der Waals surface area contributed by atoms with Gasteiger partial charge < -0.3 is 24.3 Å². The molecular formula is C18H21N3O4. The second-order valence-electron chi connectivity index (χ2n) is 5.97. The predicted molar refractivity (Wildman–Crippen MR) is 94.0 cm³/mol.